The minimum absolute atomic E-state index is 0.101. The first-order valence-corrected chi connectivity index (χ1v) is 10.9. The highest BCUT2D eigenvalue weighted by Crippen LogP contribution is 2.28. The van der Waals surface area contributed by atoms with E-state index in [1.807, 2.05) is 12.1 Å². The van der Waals surface area contributed by atoms with Gasteiger partial charge in [0.1, 0.15) is 0 Å². The van der Waals surface area contributed by atoms with Crippen molar-refractivity contribution >= 4 is 21.8 Å². The van der Waals surface area contributed by atoms with Crippen molar-refractivity contribution in [2.24, 2.45) is 5.92 Å². The molecule has 2 aromatic rings. The lowest BCUT2D eigenvalue weighted by atomic mass is 10.1. The zero-order valence-electron chi connectivity index (χ0n) is 15.8. The Morgan fingerprint density at radius 2 is 1.76 bits per heavy atom. The quantitative estimate of drug-likeness (QED) is 0.747. The van der Waals surface area contributed by atoms with Gasteiger partial charge in [0.05, 0.1) is 16.9 Å². The number of rotatable bonds is 6. The predicted molar refractivity (Wildman–Crippen MR) is 105 cm³/mol. The normalized spacial score (nSPS) is 20.5. The van der Waals surface area contributed by atoms with Gasteiger partial charge in [-0.15, -0.1) is 0 Å². The van der Waals surface area contributed by atoms with Gasteiger partial charge in [-0.25, -0.2) is 8.42 Å². The van der Waals surface area contributed by atoms with Crippen LogP contribution in [0, 0.1) is 5.92 Å². The number of aromatic nitrogens is 1. The first-order valence-electron chi connectivity index (χ1n) is 9.46. The maximum atomic E-state index is 12.6. The predicted octanol–water partition coefficient (Wildman–Crippen LogP) is 0.619. The molecule has 0 radical (unpaired) electrons. The van der Waals surface area contributed by atoms with Gasteiger partial charge < -0.3 is 10.2 Å². The van der Waals surface area contributed by atoms with Crippen molar-refractivity contribution in [2.45, 2.75) is 23.9 Å². The summed E-state index contributed by atoms with van der Waals surface area (Å²) in [7, 11) is -3.54. The number of benzene rings is 1. The van der Waals surface area contributed by atoms with Crippen LogP contribution in [-0.2, 0) is 26.2 Å². The molecule has 4 rings (SSSR count). The summed E-state index contributed by atoms with van der Waals surface area (Å²) in [6.45, 7) is 1.23. The van der Waals surface area contributed by atoms with Crippen molar-refractivity contribution in [1.82, 2.24) is 19.5 Å². The highest BCUT2D eigenvalue weighted by atomic mass is 32.2. The zero-order chi connectivity index (χ0) is 20.4. The molecular formula is C20H22N4O4S. The van der Waals surface area contributed by atoms with Crippen molar-refractivity contribution in [3.05, 3.63) is 60.4 Å². The number of likely N-dealkylation sites (tertiary alicyclic amines) is 1. The van der Waals surface area contributed by atoms with Gasteiger partial charge in [-0.1, -0.05) is 18.2 Å². The fourth-order valence-corrected chi connectivity index (χ4v) is 5.18. The van der Waals surface area contributed by atoms with Gasteiger partial charge >= 0.3 is 0 Å². The van der Waals surface area contributed by atoms with Crippen LogP contribution < -0.4 is 5.32 Å². The number of nitrogens with one attached hydrogen (secondary N) is 1. The second kappa shape index (κ2) is 7.92. The molecular weight excluding hydrogens is 392 g/mol. The largest absolute Gasteiger partial charge is 0.352 e. The molecule has 9 heteroatoms. The first kappa shape index (κ1) is 19.5. The monoisotopic (exact) mass is 414 g/mol. The molecule has 1 atom stereocenters. The smallest absolute Gasteiger partial charge is 0.243 e. The van der Waals surface area contributed by atoms with Gasteiger partial charge in [0.2, 0.25) is 21.8 Å². The number of hydrogen-bond donors (Lipinski definition) is 1. The summed E-state index contributed by atoms with van der Waals surface area (Å²) in [5.41, 5.74) is 0.940. The van der Waals surface area contributed by atoms with Crippen molar-refractivity contribution in [1.29, 1.82) is 0 Å². The van der Waals surface area contributed by atoms with Crippen molar-refractivity contribution in [3.63, 3.8) is 0 Å². The number of carbonyl (C=O) groups is 2. The summed E-state index contributed by atoms with van der Waals surface area (Å²) in [6.07, 6.45) is 3.48. The number of sulfonamides is 1. The summed E-state index contributed by atoms with van der Waals surface area (Å²) < 4.78 is 26.6. The Morgan fingerprint density at radius 3 is 2.45 bits per heavy atom. The summed E-state index contributed by atoms with van der Waals surface area (Å²) in [5.74, 6) is -0.675. The molecule has 3 heterocycles. The van der Waals surface area contributed by atoms with Gasteiger partial charge in [0.25, 0.3) is 0 Å². The van der Waals surface area contributed by atoms with Crippen LogP contribution in [0.15, 0.2) is 59.8 Å². The Hall–Kier alpha value is -2.78. The third-order valence-corrected chi connectivity index (χ3v) is 7.24. The molecule has 2 aliphatic rings. The van der Waals surface area contributed by atoms with E-state index < -0.39 is 15.9 Å². The van der Waals surface area contributed by atoms with E-state index >= 15 is 0 Å². The zero-order valence-corrected chi connectivity index (χ0v) is 16.6. The number of amides is 2. The summed E-state index contributed by atoms with van der Waals surface area (Å²) in [4.78, 5) is 30.7. The van der Waals surface area contributed by atoms with E-state index in [-0.39, 0.29) is 42.3 Å². The van der Waals surface area contributed by atoms with E-state index in [1.165, 1.54) is 4.31 Å². The van der Waals surface area contributed by atoms with Crippen LogP contribution in [0.4, 0.5) is 0 Å². The van der Waals surface area contributed by atoms with E-state index in [0.29, 0.717) is 13.1 Å². The lowest BCUT2D eigenvalue weighted by molar-refractivity contribution is -0.132. The van der Waals surface area contributed by atoms with Crippen molar-refractivity contribution in [3.8, 4) is 0 Å². The van der Waals surface area contributed by atoms with Crippen molar-refractivity contribution < 1.29 is 18.0 Å². The second-order valence-electron chi connectivity index (χ2n) is 7.31. The average molecular weight is 414 g/mol. The number of pyridine rings is 1. The molecule has 2 saturated heterocycles. The Kier molecular flexibility index (Phi) is 5.33. The fourth-order valence-electron chi connectivity index (χ4n) is 3.65. The topological polar surface area (TPSA) is 99.7 Å². The summed E-state index contributed by atoms with van der Waals surface area (Å²) in [6, 6.07) is 11.7. The molecule has 0 aliphatic carbocycles. The maximum Gasteiger partial charge on any atom is 0.243 e. The Labute approximate surface area is 169 Å². The third-order valence-electron chi connectivity index (χ3n) is 5.40. The highest BCUT2D eigenvalue weighted by molar-refractivity contribution is 7.89. The van der Waals surface area contributed by atoms with E-state index in [9.17, 15) is 18.0 Å². The number of hydrogen-bond acceptors (Lipinski definition) is 5. The van der Waals surface area contributed by atoms with E-state index in [2.05, 4.69) is 10.3 Å². The first-order chi connectivity index (χ1) is 13.9. The van der Waals surface area contributed by atoms with Crippen LogP contribution in [0.2, 0.25) is 0 Å². The van der Waals surface area contributed by atoms with Gasteiger partial charge in [0, 0.05) is 45.0 Å². The van der Waals surface area contributed by atoms with Gasteiger partial charge in [-0.05, 0) is 29.8 Å². The molecule has 1 aromatic carbocycles. The molecule has 2 fully saturated rings. The second-order valence-corrected chi connectivity index (χ2v) is 9.25. The molecule has 0 spiro atoms. The lowest BCUT2D eigenvalue weighted by Gasteiger charge is -2.42. The minimum Gasteiger partial charge on any atom is -0.352 e. The van der Waals surface area contributed by atoms with E-state index in [1.54, 1.807) is 47.6 Å². The molecule has 1 unspecified atom stereocenters. The molecule has 2 amide bonds. The lowest BCUT2D eigenvalue weighted by Crippen LogP contribution is -2.61. The van der Waals surface area contributed by atoms with Gasteiger partial charge in [0.15, 0.2) is 0 Å². The molecule has 2 aliphatic heterocycles. The van der Waals surface area contributed by atoms with E-state index in [4.69, 9.17) is 0 Å². The summed E-state index contributed by atoms with van der Waals surface area (Å²) in [5, 5.41) is 2.86. The number of carbonyl (C=O) groups excluding carboxylic acids is 2. The molecule has 152 valence electrons. The Bertz CT molecular complexity index is 992. The third kappa shape index (κ3) is 4.01. The van der Waals surface area contributed by atoms with Crippen molar-refractivity contribution in [2.75, 3.05) is 19.6 Å². The Morgan fingerprint density at radius 1 is 1.07 bits per heavy atom. The highest BCUT2D eigenvalue weighted by Gasteiger charge is 2.45. The average Bonchev–Trinajstić information content (AvgIpc) is 3.08. The van der Waals surface area contributed by atoms with E-state index in [0.717, 1.165) is 5.56 Å². The number of nitrogens with zero attached hydrogens (tertiary/aromatic N) is 3. The van der Waals surface area contributed by atoms with Crippen LogP contribution in [0.1, 0.15) is 12.0 Å². The van der Waals surface area contributed by atoms with Crippen LogP contribution in [0.3, 0.4) is 0 Å². The van der Waals surface area contributed by atoms with Gasteiger partial charge in [-0.2, -0.15) is 4.31 Å². The molecule has 29 heavy (non-hydrogen) atoms. The Balaban J connectivity index is 1.31. The van der Waals surface area contributed by atoms with Crippen LogP contribution in [-0.4, -0.2) is 60.1 Å². The molecule has 1 aromatic heterocycles. The SMILES string of the molecule is O=C(NCc1ccncc1)C1CC(=O)N(C2CN(S(=O)(=O)c3ccccc3)C2)C1. The molecule has 8 nitrogen and oxygen atoms in total. The molecule has 0 bridgehead atoms. The summed E-state index contributed by atoms with van der Waals surface area (Å²) >= 11 is 0. The van der Waals surface area contributed by atoms with Crippen LogP contribution in [0.5, 0.6) is 0 Å². The standard InChI is InChI=1S/C20H22N4O4S/c25-19-10-16(20(26)22-11-15-6-8-21-9-7-15)12-24(19)17-13-23(14-17)29(27,28)18-4-2-1-3-5-18/h1-9,16-17H,10-14H2,(H,22,26). The molecule has 1 N–H and O–H groups in total. The van der Waals surface area contributed by atoms with Crippen LogP contribution >= 0.6 is 0 Å². The van der Waals surface area contributed by atoms with Gasteiger partial charge in [-0.3, -0.25) is 14.6 Å². The van der Waals surface area contributed by atoms with Crippen LogP contribution in [0.25, 0.3) is 0 Å². The molecule has 0 saturated carbocycles. The fraction of sp³-hybridized carbons (Fsp3) is 0.350. The minimum atomic E-state index is -3.54. The maximum absolute atomic E-state index is 12.6.